The lowest BCUT2D eigenvalue weighted by Crippen LogP contribution is -2.25. The average molecular weight is 502 g/mol. The molecule has 0 radical (unpaired) electrons. The molecule has 1 heterocycles. The zero-order valence-electron chi connectivity index (χ0n) is 20.6. The van der Waals surface area contributed by atoms with Crippen LogP contribution in [0.15, 0.2) is 42.6 Å². The lowest BCUT2D eigenvalue weighted by molar-refractivity contribution is 0.416. The van der Waals surface area contributed by atoms with Gasteiger partial charge in [-0.25, -0.2) is 4.98 Å². The van der Waals surface area contributed by atoms with Crippen molar-refractivity contribution >= 4 is 47.2 Å². The van der Waals surface area contributed by atoms with Gasteiger partial charge in [-0.05, 0) is 68.6 Å². The van der Waals surface area contributed by atoms with Crippen LogP contribution < -0.4 is 26.0 Å². The van der Waals surface area contributed by atoms with Crippen molar-refractivity contribution in [1.82, 2.24) is 15.3 Å². The fourth-order valence-electron chi connectivity index (χ4n) is 3.57. The molecule has 0 bridgehead atoms. The van der Waals surface area contributed by atoms with Crippen molar-refractivity contribution in [3.05, 3.63) is 58.7 Å². The molecule has 3 rings (SSSR count). The molecule has 0 unspecified atom stereocenters. The second-order valence-electron chi connectivity index (χ2n) is 8.85. The van der Waals surface area contributed by atoms with E-state index in [9.17, 15) is 4.57 Å². The molecule has 0 saturated carbocycles. The van der Waals surface area contributed by atoms with Crippen LogP contribution in [0, 0.1) is 6.92 Å². The molecule has 0 aliphatic rings. The summed E-state index contributed by atoms with van der Waals surface area (Å²) in [7, 11) is -0.850. The molecule has 0 saturated heterocycles. The lowest BCUT2D eigenvalue weighted by Gasteiger charge is -2.17. The van der Waals surface area contributed by atoms with Crippen molar-refractivity contribution in [2.45, 2.75) is 33.2 Å². The van der Waals surface area contributed by atoms with Gasteiger partial charge in [0.05, 0.1) is 24.7 Å². The lowest BCUT2D eigenvalue weighted by atomic mass is 10.0. The van der Waals surface area contributed by atoms with Crippen LogP contribution in [0.1, 0.15) is 25.0 Å². The monoisotopic (exact) mass is 501 g/mol. The van der Waals surface area contributed by atoms with Crippen molar-refractivity contribution < 1.29 is 9.30 Å². The first-order valence-electron chi connectivity index (χ1n) is 11.2. The van der Waals surface area contributed by atoms with E-state index in [0.29, 0.717) is 34.3 Å². The summed E-state index contributed by atoms with van der Waals surface area (Å²) in [5.74, 6) is 1.50. The predicted octanol–water partition coefficient (Wildman–Crippen LogP) is 5.72. The molecule has 1 aromatic heterocycles. The minimum Gasteiger partial charge on any atom is -0.495 e. The Morgan fingerprint density at radius 3 is 2.53 bits per heavy atom. The van der Waals surface area contributed by atoms with Gasteiger partial charge in [0.15, 0.2) is 5.82 Å². The zero-order chi connectivity index (χ0) is 24.9. The smallest absolute Gasteiger partial charge is 0.229 e. The van der Waals surface area contributed by atoms with E-state index in [1.54, 1.807) is 20.4 Å². The molecule has 7 nitrogen and oxygen atoms in total. The molecule has 182 valence electrons. The largest absolute Gasteiger partial charge is 0.495 e. The summed E-state index contributed by atoms with van der Waals surface area (Å²) in [5.41, 5.74) is 3.84. The van der Waals surface area contributed by atoms with Gasteiger partial charge >= 0.3 is 0 Å². The van der Waals surface area contributed by atoms with E-state index >= 15 is 0 Å². The quantitative estimate of drug-likeness (QED) is 0.306. The number of aryl methyl sites for hydroxylation is 1. The Morgan fingerprint density at radius 1 is 1.12 bits per heavy atom. The molecule has 0 aliphatic heterocycles. The van der Waals surface area contributed by atoms with Gasteiger partial charge in [-0.2, -0.15) is 4.98 Å². The van der Waals surface area contributed by atoms with Crippen molar-refractivity contribution in [2.24, 2.45) is 0 Å². The number of para-hydroxylation sites is 1. The predicted molar refractivity (Wildman–Crippen MR) is 144 cm³/mol. The van der Waals surface area contributed by atoms with Crippen molar-refractivity contribution in [1.29, 1.82) is 0 Å². The van der Waals surface area contributed by atoms with E-state index in [0.717, 1.165) is 29.5 Å². The molecule has 0 atom stereocenters. The van der Waals surface area contributed by atoms with Gasteiger partial charge in [-0.3, -0.25) is 0 Å². The number of hydrogen-bond acceptors (Lipinski definition) is 7. The SMILES string of the molecule is COc1cc(CCNC(C)C)c(C)cc1Nc1ncc(Cl)c(Nc2ccccc2P(C)(C)=O)n1. The van der Waals surface area contributed by atoms with Crippen LogP contribution in [0.5, 0.6) is 5.75 Å². The van der Waals surface area contributed by atoms with Gasteiger partial charge in [0.25, 0.3) is 0 Å². The second-order valence-corrected chi connectivity index (χ2v) is 12.4. The number of nitrogens with zero attached hydrogens (tertiary/aromatic N) is 2. The topological polar surface area (TPSA) is 88.2 Å². The molecular weight excluding hydrogens is 469 g/mol. The number of nitrogens with one attached hydrogen (secondary N) is 3. The number of anilines is 4. The first-order valence-corrected chi connectivity index (χ1v) is 14.2. The van der Waals surface area contributed by atoms with E-state index in [1.807, 2.05) is 36.4 Å². The summed E-state index contributed by atoms with van der Waals surface area (Å²) < 4.78 is 18.3. The Kier molecular flexibility index (Phi) is 8.58. The third-order valence-electron chi connectivity index (χ3n) is 5.33. The summed E-state index contributed by atoms with van der Waals surface area (Å²) in [4.78, 5) is 8.89. The number of benzene rings is 2. The Hall–Kier alpha value is -2.60. The standard InChI is InChI=1S/C25H33ClN5O2P/c1-16(2)27-12-11-18-14-22(33-4)21(13-17(18)3)30-25-28-15-19(26)24(31-25)29-20-9-7-8-10-23(20)34(5,6)32/h7-10,13-16,27H,11-12H2,1-6H3,(H2,28,29,30,31). The highest BCUT2D eigenvalue weighted by Gasteiger charge is 2.17. The number of aromatic nitrogens is 2. The van der Waals surface area contributed by atoms with Crippen LogP contribution in [0.4, 0.5) is 23.1 Å². The summed E-state index contributed by atoms with van der Waals surface area (Å²) in [6.45, 7) is 10.7. The molecule has 0 spiro atoms. The molecule has 0 amide bonds. The van der Waals surface area contributed by atoms with Gasteiger partial charge in [0, 0.05) is 11.3 Å². The fraction of sp³-hybridized carbons (Fsp3) is 0.360. The van der Waals surface area contributed by atoms with Crippen molar-refractivity contribution in [3.63, 3.8) is 0 Å². The number of methoxy groups -OCH3 is 1. The van der Waals surface area contributed by atoms with E-state index in [2.05, 4.69) is 46.7 Å². The van der Waals surface area contributed by atoms with Gasteiger partial charge in [-0.1, -0.05) is 37.6 Å². The van der Waals surface area contributed by atoms with Gasteiger partial charge < -0.3 is 25.3 Å². The Bertz CT molecular complexity index is 1200. The Morgan fingerprint density at radius 2 is 1.85 bits per heavy atom. The van der Waals surface area contributed by atoms with E-state index in [4.69, 9.17) is 16.3 Å². The van der Waals surface area contributed by atoms with Crippen LogP contribution in [0.2, 0.25) is 5.02 Å². The summed E-state index contributed by atoms with van der Waals surface area (Å²) in [6, 6.07) is 12.0. The van der Waals surface area contributed by atoms with Crippen LogP contribution in [0.25, 0.3) is 0 Å². The highest BCUT2D eigenvalue weighted by Crippen LogP contribution is 2.39. The molecular formula is C25H33ClN5O2P. The molecule has 3 N–H and O–H groups in total. The van der Waals surface area contributed by atoms with E-state index in [1.165, 1.54) is 11.8 Å². The molecule has 0 aliphatic carbocycles. The third kappa shape index (κ3) is 6.72. The van der Waals surface area contributed by atoms with Gasteiger partial charge in [0.2, 0.25) is 5.95 Å². The maximum absolute atomic E-state index is 12.7. The Balaban J connectivity index is 1.86. The van der Waals surface area contributed by atoms with Crippen molar-refractivity contribution in [2.75, 3.05) is 37.6 Å². The van der Waals surface area contributed by atoms with Crippen LogP contribution in [-0.2, 0) is 11.0 Å². The van der Waals surface area contributed by atoms with Crippen LogP contribution in [0.3, 0.4) is 0 Å². The number of ether oxygens (including phenoxy) is 1. The minimum absolute atomic E-state index is 0.360. The number of rotatable bonds is 10. The van der Waals surface area contributed by atoms with Crippen LogP contribution in [-0.4, -0.2) is 43.0 Å². The number of hydrogen-bond donors (Lipinski definition) is 3. The first-order chi connectivity index (χ1) is 16.1. The minimum atomic E-state index is -2.49. The van der Waals surface area contributed by atoms with Gasteiger partial charge in [0.1, 0.15) is 17.9 Å². The molecule has 2 aromatic carbocycles. The maximum Gasteiger partial charge on any atom is 0.229 e. The fourth-order valence-corrected chi connectivity index (χ4v) is 4.87. The maximum atomic E-state index is 12.7. The van der Waals surface area contributed by atoms with Crippen molar-refractivity contribution in [3.8, 4) is 5.75 Å². The first kappa shape index (κ1) is 26.0. The van der Waals surface area contributed by atoms with Crippen LogP contribution >= 0.6 is 18.7 Å². The third-order valence-corrected chi connectivity index (χ3v) is 7.16. The molecule has 0 fully saturated rings. The highest BCUT2D eigenvalue weighted by atomic mass is 35.5. The van der Waals surface area contributed by atoms with E-state index in [-0.39, 0.29) is 0 Å². The molecule has 9 heteroatoms. The summed E-state index contributed by atoms with van der Waals surface area (Å²) in [6.07, 6.45) is 2.44. The van der Waals surface area contributed by atoms with Gasteiger partial charge in [-0.15, -0.1) is 0 Å². The number of halogens is 1. The Labute approximate surface area is 207 Å². The second kappa shape index (κ2) is 11.2. The average Bonchev–Trinajstić information content (AvgIpc) is 2.77. The highest BCUT2D eigenvalue weighted by molar-refractivity contribution is 7.70. The molecule has 34 heavy (non-hydrogen) atoms. The van der Waals surface area contributed by atoms with E-state index < -0.39 is 7.14 Å². The normalized spacial score (nSPS) is 11.5. The zero-order valence-corrected chi connectivity index (χ0v) is 22.2. The molecule has 3 aromatic rings. The summed E-state index contributed by atoms with van der Waals surface area (Å²) >= 11 is 6.38. The summed E-state index contributed by atoms with van der Waals surface area (Å²) in [5, 5.41) is 11.0.